The molecule has 0 unspecified atom stereocenters. The second-order valence-electron chi connectivity index (χ2n) is 7.21. The van der Waals surface area contributed by atoms with Gasteiger partial charge in [-0.1, -0.05) is 39.0 Å². The third-order valence-corrected chi connectivity index (χ3v) is 5.00. The first-order valence-corrected chi connectivity index (χ1v) is 10.1. The highest BCUT2D eigenvalue weighted by Crippen LogP contribution is 2.33. The van der Waals surface area contributed by atoms with Gasteiger partial charge in [0.15, 0.2) is 0 Å². The van der Waals surface area contributed by atoms with E-state index < -0.39 is 34.1 Å². The number of hydrogen-bond acceptors (Lipinski definition) is 3. The predicted molar refractivity (Wildman–Crippen MR) is 102 cm³/mol. The van der Waals surface area contributed by atoms with Gasteiger partial charge in [0.05, 0.1) is 17.6 Å². The van der Waals surface area contributed by atoms with Gasteiger partial charge in [-0.25, -0.2) is 17.2 Å². The van der Waals surface area contributed by atoms with Crippen molar-refractivity contribution in [3.05, 3.63) is 59.7 Å². The van der Waals surface area contributed by atoms with Gasteiger partial charge >= 0.3 is 0 Å². The van der Waals surface area contributed by atoms with Crippen LogP contribution in [0.5, 0.6) is 0 Å². The molecule has 0 fully saturated rings. The summed E-state index contributed by atoms with van der Waals surface area (Å²) in [5.41, 5.74) is 0.538. The van der Waals surface area contributed by atoms with E-state index in [1.807, 2.05) is 20.8 Å². The average Bonchev–Trinajstić information content (AvgIpc) is 2.53. The van der Waals surface area contributed by atoms with Gasteiger partial charge in [0, 0.05) is 6.07 Å². The van der Waals surface area contributed by atoms with Crippen LogP contribution in [0.2, 0.25) is 0 Å². The Labute approximate surface area is 158 Å². The lowest BCUT2D eigenvalue weighted by Crippen LogP contribution is -2.38. The van der Waals surface area contributed by atoms with Crippen molar-refractivity contribution in [2.75, 3.05) is 22.4 Å². The van der Waals surface area contributed by atoms with Crippen molar-refractivity contribution < 1.29 is 22.0 Å². The van der Waals surface area contributed by atoms with Crippen LogP contribution in [-0.2, 0) is 20.2 Å². The standard InChI is InChI=1S/C19H22F2N2O3S/c1-19(2,3)14-7-5-6-8-17(14)23(27(4,25)26)12-18(24)22-16-10-9-13(20)11-15(16)21/h5-11H,12H2,1-4H3,(H,22,24). The van der Waals surface area contributed by atoms with Gasteiger partial charge in [0.25, 0.3) is 0 Å². The minimum Gasteiger partial charge on any atom is -0.322 e. The zero-order valence-corrected chi connectivity index (χ0v) is 16.4. The van der Waals surface area contributed by atoms with E-state index in [2.05, 4.69) is 5.32 Å². The van der Waals surface area contributed by atoms with Crippen LogP contribution < -0.4 is 9.62 Å². The van der Waals surface area contributed by atoms with E-state index >= 15 is 0 Å². The van der Waals surface area contributed by atoms with Crippen molar-refractivity contribution in [1.82, 2.24) is 0 Å². The molecule has 0 atom stereocenters. The monoisotopic (exact) mass is 396 g/mol. The first-order valence-electron chi connectivity index (χ1n) is 8.22. The van der Waals surface area contributed by atoms with E-state index in [4.69, 9.17) is 0 Å². The number of hydrogen-bond donors (Lipinski definition) is 1. The minimum absolute atomic E-state index is 0.223. The Morgan fingerprint density at radius 3 is 2.30 bits per heavy atom. The van der Waals surface area contributed by atoms with Crippen molar-refractivity contribution >= 4 is 27.3 Å². The average molecular weight is 396 g/mol. The Balaban J connectivity index is 2.36. The van der Waals surface area contributed by atoms with E-state index in [9.17, 15) is 22.0 Å². The van der Waals surface area contributed by atoms with Crippen LogP contribution in [0.3, 0.4) is 0 Å². The number of halogens is 2. The van der Waals surface area contributed by atoms with Gasteiger partial charge in [0.1, 0.15) is 18.2 Å². The molecular weight excluding hydrogens is 374 g/mol. The molecule has 2 aromatic carbocycles. The lowest BCUT2D eigenvalue weighted by Gasteiger charge is -2.29. The Kier molecular flexibility index (Phi) is 5.89. The Bertz CT molecular complexity index is 954. The summed E-state index contributed by atoms with van der Waals surface area (Å²) in [6.45, 7) is 5.25. The quantitative estimate of drug-likeness (QED) is 0.839. The maximum Gasteiger partial charge on any atom is 0.245 e. The van der Waals surface area contributed by atoms with Crippen molar-refractivity contribution in [2.24, 2.45) is 0 Å². The van der Waals surface area contributed by atoms with Gasteiger partial charge in [-0.3, -0.25) is 9.10 Å². The molecule has 1 amide bonds. The molecule has 0 aliphatic heterocycles. The van der Waals surface area contributed by atoms with Crippen molar-refractivity contribution in [3.63, 3.8) is 0 Å². The number of carbonyl (C=O) groups excluding carboxylic acids is 1. The summed E-state index contributed by atoms with van der Waals surface area (Å²) in [6, 6.07) is 9.61. The minimum atomic E-state index is -3.79. The smallest absolute Gasteiger partial charge is 0.245 e. The normalized spacial score (nSPS) is 11.9. The third kappa shape index (κ3) is 5.26. The molecule has 27 heavy (non-hydrogen) atoms. The predicted octanol–water partition coefficient (Wildman–Crippen LogP) is 3.67. The summed E-state index contributed by atoms with van der Waals surface area (Å²) >= 11 is 0. The highest BCUT2D eigenvalue weighted by atomic mass is 32.2. The fourth-order valence-electron chi connectivity index (χ4n) is 2.62. The zero-order chi connectivity index (χ0) is 20.4. The SMILES string of the molecule is CC(C)(C)c1ccccc1N(CC(=O)Nc1ccc(F)cc1F)S(C)(=O)=O. The van der Waals surface area contributed by atoms with Gasteiger partial charge in [-0.2, -0.15) is 0 Å². The fraction of sp³-hybridized carbons (Fsp3) is 0.316. The molecule has 0 saturated carbocycles. The third-order valence-electron chi connectivity index (χ3n) is 3.87. The molecule has 0 radical (unpaired) electrons. The van der Waals surface area contributed by atoms with Crippen LogP contribution in [0.15, 0.2) is 42.5 Å². The lowest BCUT2D eigenvalue weighted by molar-refractivity contribution is -0.114. The van der Waals surface area contributed by atoms with Crippen molar-refractivity contribution in [1.29, 1.82) is 0 Å². The molecule has 0 aliphatic carbocycles. The molecule has 8 heteroatoms. The highest BCUT2D eigenvalue weighted by molar-refractivity contribution is 7.92. The van der Waals surface area contributed by atoms with E-state index in [-0.39, 0.29) is 11.1 Å². The van der Waals surface area contributed by atoms with E-state index in [0.29, 0.717) is 11.8 Å². The zero-order valence-electron chi connectivity index (χ0n) is 15.6. The molecule has 2 rings (SSSR count). The maximum atomic E-state index is 13.7. The van der Waals surface area contributed by atoms with Crippen LogP contribution in [0.1, 0.15) is 26.3 Å². The molecular formula is C19H22F2N2O3S. The molecule has 0 aromatic heterocycles. The Morgan fingerprint density at radius 2 is 1.74 bits per heavy atom. The number of nitrogens with zero attached hydrogens (tertiary/aromatic N) is 1. The first-order chi connectivity index (χ1) is 12.4. The number of para-hydroxylation sites is 1. The van der Waals surface area contributed by atoms with E-state index in [1.54, 1.807) is 24.3 Å². The van der Waals surface area contributed by atoms with Gasteiger partial charge < -0.3 is 5.32 Å². The van der Waals surface area contributed by atoms with Crippen LogP contribution in [-0.4, -0.2) is 27.1 Å². The molecule has 0 bridgehead atoms. The number of carbonyl (C=O) groups is 1. The van der Waals surface area contributed by atoms with Crippen molar-refractivity contribution in [3.8, 4) is 0 Å². The largest absolute Gasteiger partial charge is 0.322 e. The Hall–Kier alpha value is -2.48. The van der Waals surface area contributed by atoms with Crippen molar-refractivity contribution in [2.45, 2.75) is 26.2 Å². The molecule has 1 N–H and O–H groups in total. The van der Waals surface area contributed by atoms with Gasteiger partial charge in [0.2, 0.25) is 15.9 Å². The summed E-state index contributed by atoms with van der Waals surface area (Å²) < 4.78 is 52.4. The molecule has 0 aliphatic rings. The molecule has 0 heterocycles. The van der Waals surface area contributed by atoms with Gasteiger partial charge in [-0.15, -0.1) is 0 Å². The van der Waals surface area contributed by atoms with Gasteiger partial charge in [-0.05, 0) is 29.2 Å². The molecule has 5 nitrogen and oxygen atoms in total. The fourth-order valence-corrected chi connectivity index (χ4v) is 3.49. The van der Waals surface area contributed by atoms with Crippen LogP contribution >= 0.6 is 0 Å². The van der Waals surface area contributed by atoms with Crippen LogP contribution in [0.4, 0.5) is 20.2 Å². The second-order valence-corrected chi connectivity index (χ2v) is 9.12. The molecule has 0 spiro atoms. The number of sulfonamides is 1. The second kappa shape index (κ2) is 7.64. The summed E-state index contributed by atoms with van der Waals surface area (Å²) in [5.74, 6) is -2.46. The number of amides is 1. The summed E-state index contributed by atoms with van der Waals surface area (Å²) in [5, 5.41) is 2.28. The number of nitrogens with one attached hydrogen (secondary N) is 1. The van der Waals surface area contributed by atoms with Crippen LogP contribution in [0, 0.1) is 11.6 Å². The number of anilines is 2. The number of rotatable bonds is 5. The van der Waals surface area contributed by atoms with E-state index in [0.717, 1.165) is 28.3 Å². The number of benzene rings is 2. The summed E-state index contributed by atoms with van der Waals surface area (Å²) in [7, 11) is -3.79. The maximum absolute atomic E-state index is 13.7. The Morgan fingerprint density at radius 1 is 1.11 bits per heavy atom. The lowest BCUT2D eigenvalue weighted by atomic mass is 9.86. The summed E-state index contributed by atoms with van der Waals surface area (Å²) in [4.78, 5) is 12.4. The highest BCUT2D eigenvalue weighted by Gasteiger charge is 2.27. The molecule has 0 saturated heterocycles. The first kappa shape index (κ1) is 20.8. The molecule has 2 aromatic rings. The molecule has 146 valence electrons. The topological polar surface area (TPSA) is 66.5 Å². The van der Waals surface area contributed by atoms with Crippen LogP contribution in [0.25, 0.3) is 0 Å². The van der Waals surface area contributed by atoms with E-state index in [1.165, 1.54) is 0 Å². The summed E-state index contributed by atoms with van der Waals surface area (Å²) in [6.07, 6.45) is 0.998.